The fourth-order valence-corrected chi connectivity index (χ4v) is 2.71. The molecule has 0 spiro atoms. The number of anilines is 1. The predicted molar refractivity (Wildman–Crippen MR) is 67.4 cm³/mol. The maximum Gasteiger partial charge on any atom is 0.327 e. The van der Waals surface area contributed by atoms with Crippen LogP contribution in [0.4, 0.5) is 5.69 Å². The van der Waals surface area contributed by atoms with Crippen LogP contribution in [0.3, 0.4) is 0 Å². The molecule has 1 unspecified atom stereocenters. The van der Waals surface area contributed by atoms with Crippen LogP contribution in [0.2, 0.25) is 0 Å². The number of carboxylic acids is 1. The number of aliphatic carboxylic acids is 1. The Bertz CT molecular complexity index is 540. The molecule has 0 aromatic heterocycles. The van der Waals surface area contributed by atoms with Gasteiger partial charge in [-0.15, -0.1) is 0 Å². The van der Waals surface area contributed by atoms with E-state index in [0.717, 1.165) is 10.6 Å². The highest BCUT2D eigenvalue weighted by molar-refractivity contribution is 7.92. The summed E-state index contributed by atoms with van der Waals surface area (Å²) in [6.45, 7) is 1.31. The number of carboxylic acid groups (broad SMARTS) is 1. The molecule has 1 aromatic carbocycles. The van der Waals surface area contributed by atoms with Crippen LogP contribution in [0.1, 0.15) is 6.92 Å². The van der Waals surface area contributed by atoms with E-state index >= 15 is 0 Å². The quantitative estimate of drug-likeness (QED) is 0.863. The van der Waals surface area contributed by atoms with Crippen LogP contribution in [0, 0.1) is 0 Å². The number of hydrogen-bond acceptors (Lipinski definition) is 4. The van der Waals surface area contributed by atoms with Crippen LogP contribution in [-0.2, 0) is 14.8 Å². The van der Waals surface area contributed by atoms with Gasteiger partial charge in [0.05, 0.1) is 19.1 Å². The molecule has 0 saturated heterocycles. The Morgan fingerprint density at radius 1 is 1.44 bits per heavy atom. The van der Waals surface area contributed by atoms with E-state index in [1.165, 1.54) is 26.2 Å². The minimum Gasteiger partial charge on any atom is -0.497 e. The third-order valence-corrected chi connectivity index (χ3v) is 3.62. The highest BCUT2D eigenvalue weighted by atomic mass is 32.2. The minimum atomic E-state index is -3.69. The summed E-state index contributed by atoms with van der Waals surface area (Å²) in [5.41, 5.74) is 0.256. The van der Waals surface area contributed by atoms with E-state index in [4.69, 9.17) is 9.84 Å². The van der Waals surface area contributed by atoms with Gasteiger partial charge in [0.2, 0.25) is 10.0 Å². The Labute approximate surface area is 106 Å². The average molecular weight is 273 g/mol. The molecule has 0 heterocycles. The lowest BCUT2D eigenvalue weighted by Gasteiger charge is -2.26. The van der Waals surface area contributed by atoms with Gasteiger partial charge >= 0.3 is 5.97 Å². The van der Waals surface area contributed by atoms with Gasteiger partial charge in [0.15, 0.2) is 0 Å². The van der Waals surface area contributed by atoms with Crippen molar-refractivity contribution in [1.29, 1.82) is 0 Å². The maximum atomic E-state index is 11.7. The van der Waals surface area contributed by atoms with E-state index < -0.39 is 22.0 Å². The summed E-state index contributed by atoms with van der Waals surface area (Å²) in [7, 11) is -2.24. The molecule has 0 aliphatic heterocycles. The maximum absolute atomic E-state index is 11.7. The topological polar surface area (TPSA) is 83.9 Å². The van der Waals surface area contributed by atoms with E-state index in [9.17, 15) is 13.2 Å². The number of rotatable bonds is 5. The number of sulfonamides is 1. The van der Waals surface area contributed by atoms with Crippen LogP contribution in [0.15, 0.2) is 24.3 Å². The molecule has 0 saturated carbocycles. The van der Waals surface area contributed by atoms with Gasteiger partial charge in [-0.3, -0.25) is 4.31 Å². The molecule has 0 amide bonds. The van der Waals surface area contributed by atoms with Crippen LogP contribution >= 0.6 is 0 Å². The second kappa shape index (κ2) is 5.26. The molecule has 1 atom stereocenters. The Morgan fingerprint density at radius 3 is 2.50 bits per heavy atom. The summed E-state index contributed by atoms with van der Waals surface area (Å²) in [5, 5.41) is 8.97. The number of benzene rings is 1. The van der Waals surface area contributed by atoms with Crippen molar-refractivity contribution in [2.24, 2.45) is 0 Å². The van der Waals surface area contributed by atoms with Gasteiger partial charge in [0.1, 0.15) is 11.8 Å². The first-order chi connectivity index (χ1) is 8.27. The van der Waals surface area contributed by atoms with Gasteiger partial charge in [-0.1, -0.05) is 6.07 Å². The first-order valence-corrected chi connectivity index (χ1v) is 6.98. The lowest BCUT2D eigenvalue weighted by atomic mass is 10.2. The first-order valence-electron chi connectivity index (χ1n) is 5.13. The number of hydrogen-bond donors (Lipinski definition) is 1. The Kier molecular flexibility index (Phi) is 4.18. The zero-order valence-corrected chi connectivity index (χ0v) is 11.1. The smallest absolute Gasteiger partial charge is 0.327 e. The minimum absolute atomic E-state index is 0.256. The molecule has 7 heteroatoms. The molecule has 0 fully saturated rings. The molecular formula is C11H15NO5S. The zero-order chi connectivity index (χ0) is 13.9. The van der Waals surface area contributed by atoms with E-state index in [0.29, 0.717) is 5.75 Å². The highest BCUT2D eigenvalue weighted by Gasteiger charge is 2.28. The Balaban J connectivity index is 3.30. The third-order valence-electron chi connectivity index (χ3n) is 2.37. The summed E-state index contributed by atoms with van der Waals surface area (Å²) in [4.78, 5) is 11.0. The van der Waals surface area contributed by atoms with E-state index in [-0.39, 0.29) is 5.69 Å². The lowest BCUT2D eigenvalue weighted by molar-refractivity contribution is -0.137. The van der Waals surface area contributed by atoms with Crippen molar-refractivity contribution in [3.8, 4) is 5.75 Å². The largest absolute Gasteiger partial charge is 0.497 e. The highest BCUT2D eigenvalue weighted by Crippen LogP contribution is 2.25. The summed E-state index contributed by atoms with van der Waals surface area (Å²) in [6, 6.07) is 5.05. The van der Waals surface area contributed by atoms with Crippen molar-refractivity contribution in [2.45, 2.75) is 13.0 Å². The fraction of sp³-hybridized carbons (Fsp3) is 0.364. The molecule has 0 bridgehead atoms. The van der Waals surface area contributed by atoms with Gasteiger partial charge in [0.25, 0.3) is 0 Å². The Morgan fingerprint density at radius 2 is 2.06 bits per heavy atom. The Hall–Kier alpha value is -1.76. The summed E-state index contributed by atoms with van der Waals surface area (Å²) < 4.78 is 29.2. The van der Waals surface area contributed by atoms with E-state index in [1.54, 1.807) is 12.1 Å². The summed E-state index contributed by atoms with van der Waals surface area (Å²) in [5.74, 6) is -0.762. The zero-order valence-electron chi connectivity index (χ0n) is 10.3. The molecule has 0 aliphatic carbocycles. The SMILES string of the molecule is COc1cccc(N(C(C)C(=O)O)S(C)(=O)=O)c1. The number of nitrogens with zero attached hydrogens (tertiary/aromatic N) is 1. The molecule has 6 nitrogen and oxygen atoms in total. The molecular weight excluding hydrogens is 258 g/mol. The molecule has 1 rings (SSSR count). The monoisotopic (exact) mass is 273 g/mol. The van der Waals surface area contributed by atoms with Gasteiger partial charge in [-0.2, -0.15) is 0 Å². The summed E-state index contributed by atoms with van der Waals surface area (Å²) in [6.07, 6.45) is 0.964. The standard InChI is InChI=1S/C11H15NO5S/c1-8(11(13)14)12(18(3,15)16)9-5-4-6-10(7-9)17-2/h4-8H,1-3H3,(H,13,14). The first kappa shape index (κ1) is 14.3. The van der Waals surface area contributed by atoms with E-state index in [1.807, 2.05) is 0 Å². The second-order valence-electron chi connectivity index (χ2n) is 3.77. The van der Waals surface area contributed by atoms with Crippen molar-refractivity contribution in [1.82, 2.24) is 0 Å². The summed E-state index contributed by atoms with van der Waals surface area (Å²) >= 11 is 0. The fourth-order valence-electron chi connectivity index (χ4n) is 1.55. The third kappa shape index (κ3) is 3.13. The molecule has 1 aromatic rings. The molecule has 1 N–H and O–H groups in total. The van der Waals surface area contributed by atoms with Crippen molar-refractivity contribution in [2.75, 3.05) is 17.7 Å². The number of carbonyl (C=O) groups is 1. The average Bonchev–Trinajstić information content (AvgIpc) is 2.27. The molecule has 0 aliphatic rings. The predicted octanol–water partition coefficient (Wildman–Crippen LogP) is 0.934. The lowest BCUT2D eigenvalue weighted by Crippen LogP contribution is -2.42. The molecule has 18 heavy (non-hydrogen) atoms. The molecule has 0 radical (unpaired) electrons. The van der Waals surface area contributed by atoms with Gasteiger partial charge in [-0.25, -0.2) is 13.2 Å². The van der Waals surface area contributed by atoms with Crippen LogP contribution in [0.5, 0.6) is 5.75 Å². The van der Waals surface area contributed by atoms with Crippen LogP contribution in [0.25, 0.3) is 0 Å². The van der Waals surface area contributed by atoms with E-state index in [2.05, 4.69) is 0 Å². The number of methoxy groups -OCH3 is 1. The van der Waals surface area contributed by atoms with Crippen molar-refractivity contribution in [3.63, 3.8) is 0 Å². The number of ether oxygens (including phenoxy) is 1. The molecule has 100 valence electrons. The van der Waals surface area contributed by atoms with Crippen molar-refractivity contribution in [3.05, 3.63) is 24.3 Å². The second-order valence-corrected chi connectivity index (χ2v) is 5.63. The van der Waals surface area contributed by atoms with Crippen LogP contribution < -0.4 is 9.04 Å². The van der Waals surface area contributed by atoms with Gasteiger partial charge in [0, 0.05) is 6.07 Å². The van der Waals surface area contributed by atoms with Crippen molar-refractivity contribution >= 4 is 21.7 Å². The van der Waals surface area contributed by atoms with Crippen LogP contribution in [-0.4, -0.2) is 38.9 Å². The van der Waals surface area contributed by atoms with Crippen molar-refractivity contribution < 1.29 is 23.1 Å². The van der Waals surface area contributed by atoms with Gasteiger partial charge < -0.3 is 9.84 Å². The normalized spacial score (nSPS) is 12.8. The van der Waals surface area contributed by atoms with Gasteiger partial charge in [-0.05, 0) is 19.1 Å².